The van der Waals surface area contributed by atoms with E-state index in [1.54, 1.807) is 30.3 Å². The number of hydrogen-bond donors (Lipinski definition) is 2. The summed E-state index contributed by atoms with van der Waals surface area (Å²) in [6.45, 7) is 0. The van der Waals surface area contributed by atoms with E-state index in [0.29, 0.717) is 10.9 Å². The Morgan fingerprint density at radius 1 is 1.17 bits per heavy atom. The number of fused-ring (bicyclic) bond motifs is 3. The molecule has 0 spiro atoms. The van der Waals surface area contributed by atoms with E-state index in [2.05, 4.69) is 4.98 Å². The van der Waals surface area contributed by atoms with Crippen LogP contribution in [0.3, 0.4) is 0 Å². The molecule has 2 aromatic carbocycles. The Bertz CT molecular complexity index is 1020. The summed E-state index contributed by atoms with van der Waals surface area (Å²) in [4.78, 5) is 14.5. The first-order valence-electron chi connectivity index (χ1n) is 6.98. The number of carboxylic acid groups (broad SMARTS) is 1. The average Bonchev–Trinajstić information content (AvgIpc) is 2.84. The SMILES string of the molecule is CN(C)S(=O)(=O)c1ccc2[nH]c3cccc(CC(=O)O)c3c2c1. The van der Waals surface area contributed by atoms with Crippen LogP contribution >= 0.6 is 0 Å². The molecule has 0 bridgehead atoms. The molecule has 0 aliphatic carbocycles. The first-order valence-corrected chi connectivity index (χ1v) is 8.42. The third-order valence-electron chi connectivity index (χ3n) is 3.80. The monoisotopic (exact) mass is 332 g/mol. The normalized spacial score (nSPS) is 12.3. The van der Waals surface area contributed by atoms with Crippen LogP contribution in [0.4, 0.5) is 0 Å². The highest BCUT2D eigenvalue weighted by Gasteiger charge is 2.19. The van der Waals surface area contributed by atoms with E-state index < -0.39 is 16.0 Å². The summed E-state index contributed by atoms with van der Waals surface area (Å²) >= 11 is 0. The van der Waals surface area contributed by atoms with Crippen LogP contribution < -0.4 is 0 Å². The van der Waals surface area contributed by atoms with Gasteiger partial charge in [-0.1, -0.05) is 12.1 Å². The summed E-state index contributed by atoms with van der Waals surface area (Å²) in [5, 5.41) is 10.5. The molecule has 7 heteroatoms. The Morgan fingerprint density at radius 3 is 2.57 bits per heavy atom. The largest absolute Gasteiger partial charge is 0.481 e. The van der Waals surface area contributed by atoms with Gasteiger partial charge in [0.05, 0.1) is 11.3 Å². The number of aromatic nitrogens is 1. The van der Waals surface area contributed by atoms with Crippen molar-refractivity contribution in [3.8, 4) is 0 Å². The van der Waals surface area contributed by atoms with Gasteiger partial charge in [0.15, 0.2) is 0 Å². The lowest BCUT2D eigenvalue weighted by atomic mass is 10.0. The Kier molecular flexibility index (Phi) is 3.62. The molecule has 0 aliphatic rings. The Hall–Kier alpha value is -2.38. The van der Waals surface area contributed by atoms with Gasteiger partial charge in [-0.05, 0) is 29.8 Å². The zero-order chi connectivity index (χ0) is 16.8. The summed E-state index contributed by atoms with van der Waals surface area (Å²) < 4.78 is 25.8. The Morgan fingerprint density at radius 2 is 1.91 bits per heavy atom. The molecule has 23 heavy (non-hydrogen) atoms. The first-order chi connectivity index (χ1) is 10.8. The predicted octanol–water partition coefficient (Wildman–Crippen LogP) is 2.20. The quantitative estimate of drug-likeness (QED) is 0.766. The molecule has 0 unspecified atom stereocenters. The maximum Gasteiger partial charge on any atom is 0.307 e. The van der Waals surface area contributed by atoms with Crippen molar-refractivity contribution in [2.75, 3.05) is 14.1 Å². The number of nitrogens with one attached hydrogen (secondary N) is 1. The molecule has 1 heterocycles. The van der Waals surface area contributed by atoms with Crippen molar-refractivity contribution in [3.05, 3.63) is 42.0 Å². The maximum atomic E-state index is 12.3. The number of nitrogens with zero attached hydrogens (tertiary/aromatic N) is 1. The fourth-order valence-electron chi connectivity index (χ4n) is 2.69. The van der Waals surface area contributed by atoms with E-state index in [9.17, 15) is 13.2 Å². The summed E-state index contributed by atoms with van der Waals surface area (Å²) in [5.74, 6) is -0.927. The fourth-order valence-corrected chi connectivity index (χ4v) is 3.62. The number of rotatable bonds is 4. The summed E-state index contributed by atoms with van der Waals surface area (Å²) in [7, 11) is -0.594. The van der Waals surface area contributed by atoms with Gasteiger partial charge in [-0.2, -0.15) is 0 Å². The van der Waals surface area contributed by atoms with E-state index in [0.717, 1.165) is 20.7 Å². The zero-order valence-electron chi connectivity index (χ0n) is 12.7. The number of carbonyl (C=O) groups is 1. The van der Waals surface area contributed by atoms with E-state index in [1.165, 1.54) is 14.1 Å². The van der Waals surface area contributed by atoms with Crippen molar-refractivity contribution in [1.82, 2.24) is 9.29 Å². The molecule has 3 aromatic rings. The van der Waals surface area contributed by atoms with Crippen molar-refractivity contribution in [2.24, 2.45) is 0 Å². The minimum absolute atomic E-state index is 0.116. The molecular formula is C16H16N2O4S. The lowest BCUT2D eigenvalue weighted by Crippen LogP contribution is -2.22. The van der Waals surface area contributed by atoms with E-state index >= 15 is 0 Å². The van der Waals surface area contributed by atoms with E-state index in [4.69, 9.17) is 5.11 Å². The van der Waals surface area contributed by atoms with Gasteiger partial charge in [0.2, 0.25) is 10.0 Å². The van der Waals surface area contributed by atoms with Crippen LogP contribution in [0.15, 0.2) is 41.3 Å². The Balaban J connectivity index is 2.33. The molecule has 0 atom stereocenters. The summed E-state index contributed by atoms with van der Waals surface area (Å²) in [5.41, 5.74) is 2.22. The lowest BCUT2D eigenvalue weighted by Gasteiger charge is -2.11. The smallest absolute Gasteiger partial charge is 0.307 e. The van der Waals surface area contributed by atoms with E-state index in [-0.39, 0.29) is 11.3 Å². The summed E-state index contributed by atoms with van der Waals surface area (Å²) in [6.07, 6.45) is -0.116. The van der Waals surface area contributed by atoms with Crippen LogP contribution in [0.2, 0.25) is 0 Å². The van der Waals surface area contributed by atoms with Crippen LogP contribution in [0.25, 0.3) is 21.8 Å². The topological polar surface area (TPSA) is 90.5 Å². The fraction of sp³-hybridized carbons (Fsp3) is 0.188. The molecule has 0 radical (unpaired) electrons. The molecule has 3 rings (SSSR count). The van der Waals surface area contributed by atoms with Gasteiger partial charge in [-0.15, -0.1) is 0 Å². The average molecular weight is 332 g/mol. The molecule has 2 N–H and O–H groups in total. The predicted molar refractivity (Wildman–Crippen MR) is 88.0 cm³/mol. The van der Waals surface area contributed by atoms with Gasteiger partial charge in [0.25, 0.3) is 0 Å². The molecule has 120 valence electrons. The van der Waals surface area contributed by atoms with Crippen LogP contribution in [0.1, 0.15) is 5.56 Å². The van der Waals surface area contributed by atoms with Crippen LogP contribution in [0.5, 0.6) is 0 Å². The van der Waals surface area contributed by atoms with Crippen molar-refractivity contribution >= 4 is 37.8 Å². The second-order valence-electron chi connectivity index (χ2n) is 5.53. The van der Waals surface area contributed by atoms with Crippen molar-refractivity contribution < 1.29 is 18.3 Å². The van der Waals surface area contributed by atoms with Gasteiger partial charge in [0, 0.05) is 35.9 Å². The van der Waals surface area contributed by atoms with Gasteiger partial charge < -0.3 is 10.1 Å². The maximum absolute atomic E-state index is 12.3. The number of H-pyrrole nitrogens is 1. The highest BCUT2D eigenvalue weighted by Crippen LogP contribution is 2.31. The molecule has 6 nitrogen and oxygen atoms in total. The highest BCUT2D eigenvalue weighted by molar-refractivity contribution is 7.89. The van der Waals surface area contributed by atoms with Gasteiger partial charge in [0.1, 0.15) is 0 Å². The third kappa shape index (κ3) is 2.58. The standard InChI is InChI=1S/C16H16N2O4S/c1-18(2)23(21,22)11-6-7-13-12(9-11)16-10(8-15(19)20)4-3-5-14(16)17-13/h3-7,9,17H,8H2,1-2H3,(H,19,20). The molecule has 0 fully saturated rings. The number of aliphatic carboxylic acids is 1. The number of benzene rings is 2. The van der Waals surface area contributed by atoms with Gasteiger partial charge in [-0.25, -0.2) is 12.7 Å². The van der Waals surface area contributed by atoms with Crippen molar-refractivity contribution in [2.45, 2.75) is 11.3 Å². The first kappa shape index (κ1) is 15.5. The zero-order valence-corrected chi connectivity index (χ0v) is 13.5. The molecule has 0 amide bonds. The van der Waals surface area contributed by atoms with Gasteiger partial charge >= 0.3 is 5.97 Å². The molecular weight excluding hydrogens is 316 g/mol. The minimum atomic E-state index is -3.55. The van der Waals surface area contributed by atoms with Crippen molar-refractivity contribution in [3.63, 3.8) is 0 Å². The second kappa shape index (κ2) is 5.36. The third-order valence-corrected chi connectivity index (χ3v) is 5.61. The van der Waals surface area contributed by atoms with Crippen LogP contribution in [0, 0.1) is 0 Å². The summed E-state index contributed by atoms with van der Waals surface area (Å²) in [6, 6.07) is 10.2. The lowest BCUT2D eigenvalue weighted by molar-refractivity contribution is -0.136. The molecule has 0 saturated carbocycles. The second-order valence-corrected chi connectivity index (χ2v) is 7.68. The van der Waals surface area contributed by atoms with Gasteiger partial charge in [-0.3, -0.25) is 4.79 Å². The highest BCUT2D eigenvalue weighted by atomic mass is 32.2. The number of sulfonamides is 1. The molecule has 1 aromatic heterocycles. The molecule has 0 saturated heterocycles. The number of carboxylic acids is 1. The number of aromatic amines is 1. The number of hydrogen-bond acceptors (Lipinski definition) is 3. The van der Waals surface area contributed by atoms with Crippen LogP contribution in [-0.4, -0.2) is 42.9 Å². The Labute approximate surface area is 133 Å². The van der Waals surface area contributed by atoms with E-state index in [1.807, 2.05) is 6.07 Å². The van der Waals surface area contributed by atoms with Crippen molar-refractivity contribution in [1.29, 1.82) is 0 Å². The minimum Gasteiger partial charge on any atom is -0.481 e. The molecule has 0 aliphatic heterocycles. The van der Waals surface area contributed by atoms with Crippen LogP contribution in [-0.2, 0) is 21.2 Å².